The minimum absolute atomic E-state index is 0.174. The maximum absolute atomic E-state index is 11.8. The van der Waals surface area contributed by atoms with Crippen molar-refractivity contribution in [2.75, 3.05) is 20.8 Å². The minimum Gasteiger partial charge on any atom is -0.497 e. The number of carbonyl (C=O) groups excluding carboxylic acids is 2. The van der Waals surface area contributed by atoms with Crippen molar-refractivity contribution >= 4 is 11.9 Å². The van der Waals surface area contributed by atoms with Crippen LogP contribution >= 0.6 is 0 Å². The largest absolute Gasteiger partial charge is 0.497 e. The lowest BCUT2D eigenvalue weighted by Crippen LogP contribution is -2.30. The minimum atomic E-state index is -0.505. The van der Waals surface area contributed by atoms with E-state index in [1.54, 1.807) is 19.2 Å². The van der Waals surface area contributed by atoms with Crippen LogP contribution in [-0.4, -0.2) is 37.6 Å². The van der Waals surface area contributed by atoms with Crippen LogP contribution in [0, 0.1) is 0 Å². The number of hydrogen-bond donors (Lipinski definition) is 1. The number of rotatable bonds is 5. The van der Waals surface area contributed by atoms with Gasteiger partial charge in [0.1, 0.15) is 12.3 Å². The van der Waals surface area contributed by atoms with Gasteiger partial charge < -0.3 is 14.8 Å². The molecule has 0 aliphatic heterocycles. The molecule has 0 saturated heterocycles. The molecule has 2 aromatic rings. The van der Waals surface area contributed by atoms with Gasteiger partial charge in [-0.25, -0.2) is 0 Å². The number of methoxy groups -OCH3 is 2. The van der Waals surface area contributed by atoms with Gasteiger partial charge in [-0.05, 0) is 24.3 Å². The summed E-state index contributed by atoms with van der Waals surface area (Å²) in [6.07, 6.45) is 1.46. The zero-order valence-electron chi connectivity index (χ0n) is 12.3. The molecule has 1 heterocycles. The maximum Gasteiger partial charge on any atom is 0.325 e. The lowest BCUT2D eigenvalue weighted by Gasteiger charge is -2.06. The quantitative estimate of drug-likeness (QED) is 0.850. The van der Waals surface area contributed by atoms with E-state index in [1.165, 1.54) is 13.3 Å². The Kier molecular flexibility index (Phi) is 5.08. The van der Waals surface area contributed by atoms with Gasteiger partial charge in [-0.15, -0.1) is 0 Å². The van der Waals surface area contributed by atoms with Gasteiger partial charge in [-0.1, -0.05) is 12.1 Å². The molecule has 1 aromatic heterocycles. The van der Waals surface area contributed by atoms with Gasteiger partial charge in [0.15, 0.2) is 0 Å². The van der Waals surface area contributed by atoms with E-state index in [9.17, 15) is 9.59 Å². The van der Waals surface area contributed by atoms with E-state index >= 15 is 0 Å². The number of ether oxygens (including phenoxy) is 2. The van der Waals surface area contributed by atoms with Crippen molar-refractivity contribution in [1.82, 2.24) is 10.3 Å². The smallest absolute Gasteiger partial charge is 0.325 e. The van der Waals surface area contributed by atoms with Crippen molar-refractivity contribution in [3.05, 3.63) is 48.2 Å². The molecule has 6 heteroatoms. The number of carbonyl (C=O) groups is 2. The fraction of sp³-hybridized carbons (Fsp3) is 0.188. The second-order valence-corrected chi connectivity index (χ2v) is 4.42. The molecule has 6 nitrogen and oxygen atoms in total. The van der Waals surface area contributed by atoms with Gasteiger partial charge in [-0.3, -0.25) is 14.6 Å². The van der Waals surface area contributed by atoms with Crippen molar-refractivity contribution in [2.24, 2.45) is 0 Å². The highest BCUT2D eigenvalue weighted by Crippen LogP contribution is 2.22. The predicted molar refractivity (Wildman–Crippen MR) is 80.6 cm³/mol. The molecule has 0 radical (unpaired) electrons. The zero-order chi connectivity index (χ0) is 15.9. The van der Waals surface area contributed by atoms with Crippen molar-refractivity contribution < 1.29 is 19.1 Å². The summed E-state index contributed by atoms with van der Waals surface area (Å²) in [7, 11) is 2.86. The number of nitrogens with one attached hydrogen (secondary N) is 1. The highest BCUT2D eigenvalue weighted by atomic mass is 16.5. The third kappa shape index (κ3) is 3.82. The summed E-state index contributed by atoms with van der Waals surface area (Å²) in [5.41, 5.74) is 1.99. The Morgan fingerprint density at radius 2 is 2.00 bits per heavy atom. The third-order valence-electron chi connectivity index (χ3n) is 3.01. The van der Waals surface area contributed by atoms with Crippen molar-refractivity contribution in [1.29, 1.82) is 0 Å². The summed E-state index contributed by atoms with van der Waals surface area (Å²) in [5.74, 6) is -0.149. The summed E-state index contributed by atoms with van der Waals surface area (Å²) >= 11 is 0. The number of esters is 1. The molecule has 1 amide bonds. The summed E-state index contributed by atoms with van der Waals surface area (Å²) < 4.78 is 9.62. The van der Waals surface area contributed by atoms with Gasteiger partial charge in [0.05, 0.1) is 25.5 Å². The van der Waals surface area contributed by atoms with E-state index in [-0.39, 0.29) is 12.5 Å². The molecule has 0 aliphatic carbocycles. The Morgan fingerprint density at radius 3 is 2.64 bits per heavy atom. The van der Waals surface area contributed by atoms with Crippen LogP contribution in [0.1, 0.15) is 10.4 Å². The SMILES string of the molecule is COC(=O)CNC(=O)c1ccc(-c2cccc(OC)c2)nc1. The fourth-order valence-corrected chi connectivity index (χ4v) is 1.81. The van der Waals surface area contributed by atoms with E-state index < -0.39 is 5.97 Å². The first-order valence-corrected chi connectivity index (χ1v) is 6.59. The molecule has 0 unspecified atom stereocenters. The van der Waals surface area contributed by atoms with Gasteiger partial charge in [0.25, 0.3) is 5.91 Å². The number of nitrogens with zero attached hydrogens (tertiary/aromatic N) is 1. The predicted octanol–water partition coefficient (Wildman–Crippen LogP) is 1.66. The monoisotopic (exact) mass is 300 g/mol. The van der Waals surface area contributed by atoms with Crippen LogP contribution < -0.4 is 10.1 Å². The average Bonchev–Trinajstić information content (AvgIpc) is 2.59. The van der Waals surface area contributed by atoms with Crippen molar-refractivity contribution in [3.63, 3.8) is 0 Å². The molecule has 114 valence electrons. The molecule has 0 fully saturated rings. The van der Waals surface area contributed by atoms with Gasteiger partial charge >= 0.3 is 5.97 Å². The van der Waals surface area contributed by atoms with Gasteiger partial charge in [0, 0.05) is 11.8 Å². The summed E-state index contributed by atoms with van der Waals surface area (Å²) in [5, 5.41) is 2.45. The fourth-order valence-electron chi connectivity index (χ4n) is 1.81. The van der Waals surface area contributed by atoms with Crippen molar-refractivity contribution in [2.45, 2.75) is 0 Å². The molecule has 1 N–H and O–H groups in total. The Labute approximate surface area is 128 Å². The Balaban J connectivity index is 2.09. The van der Waals surface area contributed by atoms with E-state index in [0.29, 0.717) is 5.56 Å². The lowest BCUT2D eigenvalue weighted by molar-refractivity contribution is -0.139. The zero-order valence-corrected chi connectivity index (χ0v) is 12.3. The van der Waals surface area contributed by atoms with E-state index in [2.05, 4.69) is 15.0 Å². The first-order valence-electron chi connectivity index (χ1n) is 6.59. The first-order chi connectivity index (χ1) is 10.6. The Bertz CT molecular complexity index is 668. The first kappa shape index (κ1) is 15.5. The van der Waals surface area contributed by atoms with Crippen LogP contribution in [0.5, 0.6) is 5.75 Å². The van der Waals surface area contributed by atoms with E-state index in [4.69, 9.17) is 4.74 Å². The molecule has 2 rings (SSSR count). The summed E-state index contributed by atoms with van der Waals surface area (Å²) in [6.45, 7) is -0.174. The Hall–Kier alpha value is -2.89. The van der Waals surface area contributed by atoms with Crippen LogP contribution in [0.3, 0.4) is 0 Å². The molecule has 0 bridgehead atoms. The second-order valence-electron chi connectivity index (χ2n) is 4.42. The van der Waals surface area contributed by atoms with E-state index in [0.717, 1.165) is 17.0 Å². The lowest BCUT2D eigenvalue weighted by atomic mass is 10.1. The van der Waals surface area contributed by atoms with Crippen LogP contribution in [0.2, 0.25) is 0 Å². The Morgan fingerprint density at radius 1 is 1.18 bits per heavy atom. The number of aromatic nitrogens is 1. The normalized spacial score (nSPS) is 9.91. The topological polar surface area (TPSA) is 77.5 Å². The number of hydrogen-bond acceptors (Lipinski definition) is 5. The van der Waals surface area contributed by atoms with Crippen LogP contribution in [-0.2, 0) is 9.53 Å². The molecular formula is C16H16N2O4. The summed E-state index contributed by atoms with van der Waals surface area (Å²) in [6, 6.07) is 10.9. The maximum atomic E-state index is 11.8. The van der Waals surface area contributed by atoms with Crippen LogP contribution in [0.4, 0.5) is 0 Å². The summed E-state index contributed by atoms with van der Waals surface area (Å²) in [4.78, 5) is 27.1. The average molecular weight is 300 g/mol. The van der Waals surface area contributed by atoms with Crippen LogP contribution in [0.15, 0.2) is 42.6 Å². The van der Waals surface area contributed by atoms with E-state index in [1.807, 2.05) is 24.3 Å². The van der Waals surface area contributed by atoms with Gasteiger partial charge in [-0.2, -0.15) is 0 Å². The second kappa shape index (κ2) is 7.21. The van der Waals surface area contributed by atoms with Crippen molar-refractivity contribution in [3.8, 4) is 17.0 Å². The molecule has 0 atom stereocenters. The highest BCUT2D eigenvalue weighted by Gasteiger charge is 2.09. The number of amides is 1. The number of pyridine rings is 1. The molecule has 22 heavy (non-hydrogen) atoms. The molecule has 0 saturated carbocycles. The van der Waals surface area contributed by atoms with Gasteiger partial charge in [0.2, 0.25) is 0 Å². The molecule has 1 aromatic carbocycles. The standard InChI is InChI=1S/C16H16N2O4/c1-21-13-5-3-4-11(8-13)14-7-6-12(9-17-14)16(20)18-10-15(19)22-2/h3-9H,10H2,1-2H3,(H,18,20). The molecule has 0 aliphatic rings. The third-order valence-corrected chi connectivity index (χ3v) is 3.01. The molecule has 0 spiro atoms. The highest BCUT2D eigenvalue weighted by molar-refractivity contribution is 5.95. The van der Waals surface area contributed by atoms with Crippen LogP contribution in [0.25, 0.3) is 11.3 Å². The number of benzene rings is 1. The molecular weight excluding hydrogens is 284 g/mol.